The van der Waals surface area contributed by atoms with Crippen LogP contribution >= 0.6 is 15.9 Å². The highest BCUT2D eigenvalue weighted by atomic mass is 79.9. The second-order valence-corrected chi connectivity index (χ2v) is 5.27. The van der Waals surface area contributed by atoms with Gasteiger partial charge in [-0.1, -0.05) is 35.2 Å². The number of alkyl halides is 1. The third-order valence-electron chi connectivity index (χ3n) is 3.15. The molecule has 94 valence electrons. The Labute approximate surface area is 106 Å². The molecular weight excluding hydrogens is 270 g/mol. The lowest BCUT2D eigenvalue weighted by Gasteiger charge is -2.24. The monoisotopic (exact) mass is 291 g/mol. The van der Waals surface area contributed by atoms with E-state index in [4.69, 9.17) is 4.74 Å². The number of ether oxygens (including phenoxy) is 1. The predicted molar refractivity (Wildman–Crippen MR) is 68.8 cm³/mol. The van der Waals surface area contributed by atoms with E-state index in [0.29, 0.717) is 6.61 Å². The van der Waals surface area contributed by atoms with Crippen molar-refractivity contribution < 1.29 is 9.53 Å². The fourth-order valence-electron chi connectivity index (χ4n) is 2.21. The van der Waals surface area contributed by atoms with Crippen molar-refractivity contribution in [3.63, 3.8) is 0 Å². The molecule has 1 aliphatic rings. The number of carbonyl (C=O) groups is 1. The smallest absolute Gasteiger partial charge is 0.223 e. The Hall–Kier alpha value is -0.0900. The van der Waals surface area contributed by atoms with Gasteiger partial charge in [-0.15, -0.1) is 0 Å². The van der Waals surface area contributed by atoms with Crippen molar-refractivity contribution in [2.24, 2.45) is 5.92 Å². The topological polar surface area (TPSA) is 38.3 Å². The Morgan fingerprint density at radius 3 is 2.69 bits per heavy atom. The van der Waals surface area contributed by atoms with Crippen LogP contribution in [0.1, 0.15) is 38.5 Å². The second kappa shape index (κ2) is 8.07. The average Bonchev–Trinajstić information content (AvgIpc) is 2.31. The molecule has 1 rings (SSSR count). The fraction of sp³-hybridized carbons (Fsp3) is 0.917. The van der Waals surface area contributed by atoms with Crippen LogP contribution in [-0.4, -0.2) is 31.0 Å². The molecule has 1 saturated carbocycles. The van der Waals surface area contributed by atoms with E-state index in [1.54, 1.807) is 7.11 Å². The molecule has 1 aliphatic carbocycles. The van der Waals surface area contributed by atoms with Crippen molar-refractivity contribution in [2.45, 2.75) is 44.6 Å². The van der Waals surface area contributed by atoms with E-state index in [2.05, 4.69) is 21.2 Å². The molecule has 0 aromatic carbocycles. The van der Waals surface area contributed by atoms with Gasteiger partial charge in [0.2, 0.25) is 5.91 Å². The summed E-state index contributed by atoms with van der Waals surface area (Å²) < 4.78 is 5.11. The predicted octanol–water partition coefficient (Wildman–Crippen LogP) is 2.48. The maximum absolute atomic E-state index is 12.0. The largest absolute Gasteiger partial charge is 0.383 e. The molecule has 4 heteroatoms. The summed E-state index contributed by atoms with van der Waals surface area (Å²) >= 11 is 3.40. The summed E-state index contributed by atoms with van der Waals surface area (Å²) in [5.41, 5.74) is 0. The summed E-state index contributed by atoms with van der Waals surface area (Å²) in [6.07, 6.45) is 6.72. The molecule has 1 atom stereocenters. The van der Waals surface area contributed by atoms with Gasteiger partial charge in [-0.2, -0.15) is 0 Å². The van der Waals surface area contributed by atoms with E-state index in [-0.39, 0.29) is 17.9 Å². The van der Waals surface area contributed by atoms with Crippen LogP contribution in [0.4, 0.5) is 0 Å². The third-order valence-corrected chi connectivity index (χ3v) is 3.61. The maximum atomic E-state index is 12.0. The quantitative estimate of drug-likeness (QED) is 0.764. The van der Waals surface area contributed by atoms with Crippen LogP contribution in [-0.2, 0) is 9.53 Å². The van der Waals surface area contributed by atoms with Crippen LogP contribution < -0.4 is 5.32 Å². The Kier molecular flexibility index (Phi) is 7.05. The van der Waals surface area contributed by atoms with Crippen LogP contribution in [0.15, 0.2) is 0 Å². The first-order valence-electron chi connectivity index (χ1n) is 6.13. The molecule has 0 bridgehead atoms. The lowest BCUT2D eigenvalue weighted by atomic mass is 9.88. The van der Waals surface area contributed by atoms with Crippen molar-refractivity contribution in [3.8, 4) is 0 Å². The SMILES string of the molecule is COCC(CCBr)NC(=O)C1CCCCC1. The highest BCUT2D eigenvalue weighted by Crippen LogP contribution is 2.23. The van der Waals surface area contributed by atoms with E-state index in [1.165, 1.54) is 19.3 Å². The van der Waals surface area contributed by atoms with Gasteiger partial charge in [0, 0.05) is 18.4 Å². The minimum absolute atomic E-state index is 0.152. The van der Waals surface area contributed by atoms with Crippen LogP contribution in [0, 0.1) is 5.92 Å². The zero-order valence-electron chi connectivity index (χ0n) is 10.0. The first-order chi connectivity index (χ1) is 7.77. The Balaban J connectivity index is 2.33. The normalized spacial score (nSPS) is 19.4. The zero-order valence-corrected chi connectivity index (χ0v) is 11.6. The van der Waals surface area contributed by atoms with Crippen molar-refractivity contribution in [3.05, 3.63) is 0 Å². The minimum Gasteiger partial charge on any atom is -0.383 e. The number of nitrogens with one attached hydrogen (secondary N) is 1. The van der Waals surface area contributed by atoms with Gasteiger partial charge < -0.3 is 10.1 Å². The number of rotatable bonds is 6. The average molecular weight is 292 g/mol. The molecule has 16 heavy (non-hydrogen) atoms. The summed E-state index contributed by atoms with van der Waals surface area (Å²) in [5, 5.41) is 3.99. The molecule has 3 nitrogen and oxygen atoms in total. The lowest BCUT2D eigenvalue weighted by Crippen LogP contribution is -2.42. The summed E-state index contributed by atoms with van der Waals surface area (Å²) in [6.45, 7) is 0.601. The second-order valence-electron chi connectivity index (χ2n) is 4.47. The van der Waals surface area contributed by atoms with Gasteiger partial charge in [0.05, 0.1) is 12.6 Å². The van der Waals surface area contributed by atoms with Crippen molar-refractivity contribution in [1.82, 2.24) is 5.32 Å². The van der Waals surface area contributed by atoms with E-state index in [0.717, 1.165) is 24.6 Å². The van der Waals surface area contributed by atoms with E-state index in [1.807, 2.05) is 0 Å². The first-order valence-corrected chi connectivity index (χ1v) is 7.25. The lowest BCUT2D eigenvalue weighted by molar-refractivity contribution is -0.127. The molecule has 1 unspecified atom stereocenters. The summed E-state index contributed by atoms with van der Waals surface area (Å²) in [7, 11) is 1.67. The third kappa shape index (κ3) is 4.83. The zero-order chi connectivity index (χ0) is 11.8. The molecule has 1 N–H and O–H groups in total. The van der Waals surface area contributed by atoms with Gasteiger partial charge in [-0.25, -0.2) is 0 Å². The van der Waals surface area contributed by atoms with Gasteiger partial charge in [0.15, 0.2) is 0 Å². The van der Waals surface area contributed by atoms with Crippen LogP contribution in [0.5, 0.6) is 0 Å². The van der Waals surface area contributed by atoms with E-state index >= 15 is 0 Å². The molecule has 0 heterocycles. The van der Waals surface area contributed by atoms with Crippen LogP contribution in [0.25, 0.3) is 0 Å². The van der Waals surface area contributed by atoms with Gasteiger partial charge in [0.25, 0.3) is 0 Å². The van der Waals surface area contributed by atoms with E-state index in [9.17, 15) is 4.79 Å². The van der Waals surface area contributed by atoms with Gasteiger partial charge >= 0.3 is 0 Å². The Morgan fingerprint density at radius 2 is 2.12 bits per heavy atom. The number of hydrogen-bond donors (Lipinski definition) is 1. The van der Waals surface area contributed by atoms with Crippen molar-refractivity contribution in [1.29, 1.82) is 0 Å². The molecule has 0 spiro atoms. The molecule has 0 aromatic rings. The molecule has 1 amide bonds. The molecule has 1 fully saturated rings. The highest BCUT2D eigenvalue weighted by Gasteiger charge is 2.22. The van der Waals surface area contributed by atoms with Gasteiger partial charge in [-0.3, -0.25) is 4.79 Å². The molecule has 0 radical (unpaired) electrons. The van der Waals surface area contributed by atoms with Crippen LogP contribution in [0.2, 0.25) is 0 Å². The van der Waals surface area contributed by atoms with Crippen molar-refractivity contribution in [2.75, 3.05) is 19.0 Å². The molecule has 0 saturated heterocycles. The Morgan fingerprint density at radius 1 is 1.44 bits per heavy atom. The van der Waals surface area contributed by atoms with E-state index < -0.39 is 0 Å². The fourth-order valence-corrected chi connectivity index (χ4v) is 2.77. The minimum atomic E-state index is 0.152. The number of methoxy groups -OCH3 is 1. The van der Waals surface area contributed by atoms with Gasteiger partial charge in [-0.05, 0) is 19.3 Å². The summed E-state index contributed by atoms with van der Waals surface area (Å²) in [4.78, 5) is 12.0. The molecular formula is C12H22BrNO2. The van der Waals surface area contributed by atoms with Gasteiger partial charge in [0.1, 0.15) is 0 Å². The number of amides is 1. The highest BCUT2D eigenvalue weighted by molar-refractivity contribution is 9.09. The standard InChI is InChI=1S/C12H22BrNO2/c1-16-9-11(7-8-13)14-12(15)10-5-3-2-4-6-10/h10-11H,2-9H2,1H3,(H,14,15). The van der Waals surface area contributed by atoms with Crippen molar-refractivity contribution >= 4 is 21.8 Å². The number of carbonyl (C=O) groups excluding carboxylic acids is 1. The maximum Gasteiger partial charge on any atom is 0.223 e. The Bertz CT molecular complexity index is 199. The summed E-state index contributed by atoms with van der Waals surface area (Å²) in [5.74, 6) is 0.464. The molecule has 0 aromatic heterocycles. The number of halogens is 1. The first kappa shape index (κ1) is 14.0. The summed E-state index contributed by atoms with van der Waals surface area (Å²) in [6, 6.07) is 0.152. The molecule has 0 aliphatic heterocycles. The number of hydrogen-bond acceptors (Lipinski definition) is 2. The van der Waals surface area contributed by atoms with Crippen LogP contribution in [0.3, 0.4) is 0 Å².